The smallest absolute Gasteiger partial charge is 0.255 e. The summed E-state index contributed by atoms with van der Waals surface area (Å²) in [5.41, 5.74) is 7.31. The van der Waals surface area contributed by atoms with Crippen LogP contribution in [0.4, 0.5) is 5.69 Å². The third-order valence-electron chi connectivity index (χ3n) is 2.93. The summed E-state index contributed by atoms with van der Waals surface area (Å²) in [6.07, 6.45) is 8.83. The SMILES string of the molecule is C#CCNC(=O)c1cnc2c(cnn2CCC#CC)c1N. The van der Waals surface area contributed by atoms with E-state index in [-0.39, 0.29) is 12.5 Å². The van der Waals surface area contributed by atoms with Crippen molar-refractivity contribution in [3.05, 3.63) is 18.0 Å². The van der Waals surface area contributed by atoms with Crippen molar-refractivity contribution >= 4 is 22.6 Å². The van der Waals surface area contributed by atoms with Crippen LogP contribution in [0.3, 0.4) is 0 Å². The number of hydrogen-bond acceptors (Lipinski definition) is 4. The monoisotopic (exact) mass is 281 g/mol. The van der Waals surface area contributed by atoms with E-state index in [0.717, 1.165) is 0 Å². The summed E-state index contributed by atoms with van der Waals surface area (Å²) >= 11 is 0. The van der Waals surface area contributed by atoms with Crippen molar-refractivity contribution in [2.45, 2.75) is 19.9 Å². The van der Waals surface area contributed by atoms with Crippen molar-refractivity contribution in [1.82, 2.24) is 20.1 Å². The van der Waals surface area contributed by atoms with Crippen molar-refractivity contribution in [3.8, 4) is 24.2 Å². The molecule has 0 spiro atoms. The van der Waals surface area contributed by atoms with Crippen LogP contribution in [0, 0.1) is 24.2 Å². The Labute approximate surface area is 122 Å². The lowest BCUT2D eigenvalue weighted by Gasteiger charge is -2.06. The Balaban J connectivity index is 2.33. The Hall–Kier alpha value is -2.99. The number of terminal acetylenes is 1. The molecule has 0 aromatic carbocycles. The van der Waals surface area contributed by atoms with E-state index in [1.807, 2.05) is 0 Å². The average molecular weight is 281 g/mol. The van der Waals surface area contributed by atoms with E-state index >= 15 is 0 Å². The Kier molecular flexibility index (Phi) is 4.43. The zero-order valence-corrected chi connectivity index (χ0v) is 11.7. The van der Waals surface area contributed by atoms with Crippen LogP contribution in [0.2, 0.25) is 0 Å². The van der Waals surface area contributed by atoms with Gasteiger partial charge in [0.25, 0.3) is 5.91 Å². The van der Waals surface area contributed by atoms with Crippen molar-refractivity contribution < 1.29 is 4.79 Å². The first kappa shape index (κ1) is 14.4. The van der Waals surface area contributed by atoms with Gasteiger partial charge in [-0.05, 0) is 6.92 Å². The first-order chi connectivity index (χ1) is 10.2. The molecule has 2 heterocycles. The van der Waals surface area contributed by atoms with Gasteiger partial charge in [0.05, 0.1) is 35.9 Å². The molecule has 0 unspecified atom stereocenters. The number of rotatable bonds is 4. The number of nitrogens with two attached hydrogens (primary N) is 1. The summed E-state index contributed by atoms with van der Waals surface area (Å²) < 4.78 is 1.72. The molecule has 0 fully saturated rings. The molecule has 2 aromatic rings. The Morgan fingerprint density at radius 1 is 1.52 bits per heavy atom. The number of amides is 1. The first-order valence-corrected chi connectivity index (χ1v) is 6.40. The van der Waals surface area contributed by atoms with Crippen LogP contribution >= 0.6 is 0 Å². The number of anilines is 1. The largest absolute Gasteiger partial charge is 0.397 e. The average Bonchev–Trinajstić information content (AvgIpc) is 2.90. The quantitative estimate of drug-likeness (QED) is 0.811. The highest BCUT2D eigenvalue weighted by Crippen LogP contribution is 2.22. The summed E-state index contributed by atoms with van der Waals surface area (Å²) in [4.78, 5) is 16.2. The lowest BCUT2D eigenvalue weighted by Crippen LogP contribution is -2.24. The van der Waals surface area contributed by atoms with Gasteiger partial charge in [-0.25, -0.2) is 9.67 Å². The first-order valence-electron chi connectivity index (χ1n) is 6.40. The van der Waals surface area contributed by atoms with Crippen molar-refractivity contribution in [2.75, 3.05) is 12.3 Å². The molecule has 21 heavy (non-hydrogen) atoms. The zero-order valence-electron chi connectivity index (χ0n) is 11.7. The van der Waals surface area contributed by atoms with Gasteiger partial charge >= 0.3 is 0 Å². The Morgan fingerprint density at radius 3 is 3.05 bits per heavy atom. The number of pyridine rings is 1. The third-order valence-corrected chi connectivity index (χ3v) is 2.93. The number of fused-ring (bicyclic) bond motifs is 1. The molecule has 1 amide bonds. The highest BCUT2D eigenvalue weighted by Gasteiger charge is 2.15. The van der Waals surface area contributed by atoms with Crippen molar-refractivity contribution in [2.24, 2.45) is 0 Å². The van der Waals surface area contributed by atoms with Gasteiger partial charge in [-0.1, -0.05) is 5.92 Å². The lowest BCUT2D eigenvalue weighted by molar-refractivity contribution is 0.0959. The number of aromatic nitrogens is 3. The fraction of sp³-hybridized carbons (Fsp3) is 0.267. The third kappa shape index (κ3) is 2.96. The standard InChI is InChI=1S/C15H15N5O/c1-3-5-6-8-20-14-11(10-19-20)13(16)12(9-18-14)15(21)17-7-4-2/h2,9-10H,6-8H2,1H3,(H2,16,18)(H,17,21). The second-order valence-electron chi connectivity index (χ2n) is 4.25. The summed E-state index contributed by atoms with van der Waals surface area (Å²) in [5, 5.41) is 7.44. The number of nitrogens with one attached hydrogen (secondary N) is 1. The normalized spacial score (nSPS) is 9.71. The van der Waals surface area contributed by atoms with Gasteiger partial charge in [0.2, 0.25) is 0 Å². The molecule has 0 aliphatic rings. The van der Waals surface area contributed by atoms with Crippen LogP contribution in [0.15, 0.2) is 12.4 Å². The minimum Gasteiger partial charge on any atom is -0.397 e. The molecular weight excluding hydrogens is 266 g/mol. The highest BCUT2D eigenvalue weighted by atomic mass is 16.1. The van der Waals surface area contributed by atoms with E-state index in [2.05, 4.69) is 33.2 Å². The maximum atomic E-state index is 11.9. The van der Waals surface area contributed by atoms with Crippen LogP contribution in [-0.2, 0) is 6.54 Å². The fourth-order valence-electron chi connectivity index (χ4n) is 1.90. The predicted molar refractivity (Wildman–Crippen MR) is 81.2 cm³/mol. The molecule has 0 aliphatic carbocycles. The van der Waals surface area contributed by atoms with E-state index in [9.17, 15) is 4.79 Å². The van der Waals surface area contributed by atoms with E-state index < -0.39 is 0 Å². The van der Waals surface area contributed by atoms with E-state index in [1.165, 1.54) is 6.20 Å². The molecule has 0 bridgehead atoms. The van der Waals surface area contributed by atoms with Gasteiger partial charge in [-0.3, -0.25) is 4.79 Å². The van der Waals surface area contributed by atoms with Gasteiger partial charge in [0, 0.05) is 12.6 Å². The Bertz CT molecular complexity index is 773. The zero-order chi connectivity index (χ0) is 15.2. The van der Waals surface area contributed by atoms with Crippen molar-refractivity contribution in [1.29, 1.82) is 0 Å². The Morgan fingerprint density at radius 2 is 2.33 bits per heavy atom. The molecule has 0 saturated carbocycles. The number of nitrogen functional groups attached to an aromatic ring is 1. The van der Waals surface area contributed by atoms with Crippen LogP contribution in [0.1, 0.15) is 23.7 Å². The molecule has 106 valence electrons. The summed E-state index contributed by atoms with van der Waals surface area (Å²) in [5.74, 6) is 7.79. The molecule has 0 atom stereocenters. The maximum Gasteiger partial charge on any atom is 0.255 e. The summed E-state index contributed by atoms with van der Waals surface area (Å²) in [6.45, 7) is 2.56. The minimum absolute atomic E-state index is 0.144. The molecule has 0 aliphatic heterocycles. The predicted octanol–water partition coefficient (Wildman–Crippen LogP) is 0.790. The van der Waals surface area contributed by atoms with Crippen molar-refractivity contribution in [3.63, 3.8) is 0 Å². The van der Waals surface area contributed by atoms with E-state index in [1.54, 1.807) is 17.8 Å². The van der Waals surface area contributed by atoms with Gasteiger partial charge in [-0.15, -0.1) is 18.3 Å². The minimum atomic E-state index is -0.343. The molecule has 0 radical (unpaired) electrons. The molecule has 6 nitrogen and oxygen atoms in total. The highest BCUT2D eigenvalue weighted by molar-refractivity contribution is 6.05. The molecular formula is C15H15N5O. The van der Waals surface area contributed by atoms with Crippen LogP contribution < -0.4 is 11.1 Å². The molecule has 2 rings (SSSR count). The summed E-state index contributed by atoms with van der Waals surface area (Å²) in [7, 11) is 0. The lowest BCUT2D eigenvalue weighted by atomic mass is 10.2. The molecule has 3 N–H and O–H groups in total. The number of carbonyl (C=O) groups is 1. The van der Waals surface area contributed by atoms with Gasteiger partial charge < -0.3 is 11.1 Å². The van der Waals surface area contributed by atoms with Gasteiger partial charge in [-0.2, -0.15) is 5.10 Å². The molecule has 0 saturated heterocycles. The van der Waals surface area contributed by atoms with Gasteiger partial charge in [0.15, 0.2) is 5.65 Å². The second kappa shape index (κ2) is 6.44. The van der Waals surface area contributed by atoms with Crippen LogP contribution in [-0.4, -0.2) is 27.2 Å². The second-order valence-corrected chi connectivity index (χ2v) is 4.25. The van der Waals surface area contributed by atoms with E-state index in [4.69, 9.17) is 12.2 Å². The number of carbonyl (C=O) groups excluding carboxylic acids is 1. The van der Waals surface area contributed by atoms with Gasteiger partial charge in [0.1, 0.15) is 0 Å². The summed E-state index contributed by atoms with van der Waals surface area (Å²) in [6, 6.07) is 0. The maximum absolute atomic E-state index is 11.9. The van der Waals surface area contributed by atoms with Crippen LogP contribution in [0.5, 0.6) is 0 Å². The number of nitrogens with zero attached hydrogens (tertiary/aromatic N) is 3. The van der Waals surface area contributed by atoms with Crippen LogP contribution in [0.25, 0.3) is 11.0 Å². The molecule has 6 heteroatoms. The fourth-order valence-corrected chi connectivity index (χ4v) is 1.90. The number of hydrogen-bond donors (Lipinski definition) is 2. The molecule has 2 aromatic heterocycles. The topological polar surface area (TPSA) is 85.8 Å². The van der Waals surface area contributed by atoms with E-state index in [0.29, 0.717) is 35.2 Å². The number of aryl methyl sites for hydroxylation is 1.